The van der Waals surface area contributed by atoms with Gasteiger partial charge >= 0.3 is 0 Å². The van der Waals surface area contributed by atoms with Crippen molar-refractivity contribution < 1.29 is 22.7 Å². The smallest absolute Gasteiger partial charge is 0.232 e. The summed E-state index contributed by atoms with van der Waals surface area (Å²) < 4.78 is 35.8. The minimum Gasteiger partial charge on any atom is -0.497 e. The molecule has 7 nitrogen and oxygen atoms in total. The van der Waals surface area contributed by atoms with Crippen LogP contribution in [0.4, 0.5) is 11.4 Å². The van der Waals surface area contributed by atoms with Crippen molar-refractivity contribution in [3.05, 3.63) is 47.5 Å². The Morgan fingerprint density at radius 2 is 1.89 bits per heavy atom. The Balaban J connectivity index is 2.00. The molecule has 0 aromatic heterocycles. The topological polar surface area (TPSA) is 84.9 Å². The van der Waals surface area contributed by atoms with Gasteiger partial charge in [-0.2, -0.15) is 0 Å². The fraction of sp³-hybridized carbons (Fsp3) is 0.316. The van der Waals surface area contributed by atoms with Gasteiger partial charge < -0.3 is 14.8 Å². The Kier molecular flexibility index (Phi) is 7.53. The number of anilines is 2. The van der Waals surface area contributed by atoms with E-state index in [1.54, 1.807) is 43.5 Å². The second-order valence-electron chi connectivity index (χ2n) is 6.04. The number of carbonyl (C=O) groups is 1. The van der Waals surface area contributed by atoms with Crippen LogP contribution in [0.15, 0.2) is 42.5 Å². The Morgan fingerprint density at radius 3 is 2.50 bits per heavy atom. The van der Waals surface area contributed by atoms with E-state index in [1.165, 1.54) is 17.5 Å². The number of amides is 1. The number of benzene rings is 2. The van der Waals surface area contributed by atoms with Gasteiger partial charge in [0, 0.05) is 24.7 Å². The molecule has 152 valence electrons. The number of halogens is 1. The zero-order valence-corrected chi connectivity index (χ0v) is 17.5. The molecule has 0 aliphatic heterocycles. The van der Waals surface area contributed by atoms with Crippen LogP contribution in [0.2, 0.25) is 5.02 Å². The molecule has 0 spiro atoms. The zero-order chi connectivity index (χ0) is 20.7. The SMILES string of the molecule is COc1cccc(NC(=O)CCCN(c2ccc(OC)c(Cl)c2)S(C)(=O)=O)c1. The minimum atomic E-state index is -3.53. The second kappa shape index (κ2) is 9.66. The van der Waals surface area contributed by atoms with Crippen LogP contribution >= 0.6 is 11.6 Å². The summed E-state index contributed by atoms with van der Waals surface area (Å²) in [5.74, 6) is 0.878. The fourth-order valence-corrected chi connectivity index (χ4v) is 3.81. The van der Waals surface area contributed by atoms with E-state index in [9.17, 15) is 13.2 Å². The van der Waals surface area contributed by atoms with Crippen molar-refractivity contribution in [1.29, 1.82) is 0 Å². The second-order valence-corrected chi connectivity index (χ2v) is 8.35. The summed E-state index contributed by atoms with van der Waals surface area (Å²) in [6.45, 7) is 0.146. The zero-order valence-electron chi connectivity index (χ0n) is 15.9. The Labute approximate surface area is 170 Å². The number of hydrogen-bond donors (Lipinski definition) is 1. The van der Waals surface area contributed by atoms with Crippen LogP contribution in [0.3, 0.4) is 0 Å². The first-order valence-corrected chi connectivity index (χ1v) is 10.7. The molecule has 0 aliphatic rings. The van der Waals surface area contributed by atoms with E-state index in [-0.39, 0.29) is 18.9 Å². The first kappa shape index (κ1) is 21.8. The molecule has 0 atom stereocenters. The molecule has 1 N–H and O–H groups in total. The molecule has 1 amide bonds. The van der Waals surface area contributed by atoms with Crippen molar-refractivity contribution >= 4 is 38.9 Å². The van der Waals surface area contributed by atoms with E-state index in [4.69, 9.17) is 21.1 Å². The average Bonchev–Trinajstić information content (AvgIpc) is 2.64. The van der Waals surface area contributed by atoms with Gasteiger partial charge in [0.1, 0.15) is 11.5 Å². The molecule has 0 bridgehead atoms. The van der Waals surface area contributed by atoms with E-state index in [1.807, 2.05) is 0 Å². The predicted octanol–water partition coefficient (Wildman–Crippen LogP) is 3.54. The normalized spacial score (nSPS) is 11.0. The lowest BCUT2D eigenvalue weighted by Gasteiger charge is -2.23. The van der Waals surface area contributed by atoms with E-state index in [0.717, 1.165) is 6.26 Å². The van der Waals surface area contributed by atoms with Crippen LogP contribution in [0, 0.1) is 0 Å². The highest BCUT2D eigenvalue weighted by Gasteiger charge is 2.19. The Morgan fingerprint density at radius 1 is 1.14 bits per heavy atom. The van der Waals surface area contributed by atoms with Gasteiger partial charge in [-0.05, 0) is 36.8 Å². The largest absolute Gasteiger partial charge is 0.497 e. The number of methoxy groups -OCH3 is 2. The third-order valence-corrected chi connectivity index (χ3v) is 5.43. The molecule has 9 heteroatoms. The van der Waals surface area contributed by atoms with Crippen LogP contribution in [0.1, 0.15) is 12.8 Å². The van der Waals surface area contributed by atoms with E-state index in [2.05, 4.69) is 5.32 Å². The number of rotatable bonds is 9. The van der Waals surface area contributed by atoms with Crippen molar-refractivity contribution in [3.8, 4) is 11.5 Å². The van der Waals surface area contributed by atoms with Crippen molar-refractivity contribution in [2.75, 3.05) is 36.6 Å². The minimum absolute atomic E-state index is 0.146. The van der Waals surface area contributed by atoms with E-state index < -0.39 is 10.0 Å². The number of ether oxygens (including phenoxy) is 2. The molecule has 0 saturated heterocycles. The van der Waals surface area contributed by atoms with Crippen LogP contribution < -0.4 is 19.1 Å². The maximum Gasteiger partial charge on any atom is 0.232 e. The van der Waals surface area contributed by atoms with Gasteiger partial charge in [0.2, 0.25) is 15.9 Å². The lowest BCUT2D eigenvalue weighted by Crippen LogP contribution is -2.31. The summed E-state index contributed by atoms with van der Waals surface area (Å²) in [5, 5.41) is 3.08. The van der Waals surface area contributed by atoms with Crippen LogP contribution in [0.5, 0.6) is 11.5 Å². The molecular weight excluding hydrogens is 404 g/mol. The summed E-state index contributed by atoms with van der Waals surface area (Å²) in [6.07, 6.45) is 1.61. The highest BCUT2D eigenvalue weighted by molar-refractivity contribution is 7.92. The van der Waals surface area contributed by atoms with Crippen LogP contribution in [0.25, 0.3) is 0 Å². The van der Waals surface area contributed by atoms with Crippen molar-refractivity contribution in [3.63, 3.8) is 0 Å². The van der Waals surface area contributed by atoms with Gasteiger partial charge in [-0.3, -0.25) is 9.10 Å². The van der Waals surface area contributed by atoms with E-state index >= 15 is 0 Å². The quantitative estimate of drug-likeness (QED) is 0.662. The number of nitrogens with one attached hydrogen (secondary N) is 1. The first-order chi connectivity index (χ1) is 13.2. The lowest BCUT2D eigenvalue weighted by atomic mass is 10.2. The number of sulfonamides is 1. The van der Waals surface area contributed by atoms with Gasteiger partial charge in [0.25, 0.3) is 0 Å². The highest BCUT2D eigenvalue weighted by Crippen LogP contribution is 2.30. The molecule has 0 unspecified atom stereocenters. The summed E-state index contributed by atoms with van der Waals surface area (Å²) in [7, 11) is -0.504. The molecular formula is C19H23ClN2O5S. The molecule has 0 aliphatic carbocycles. The highest BCUT2D eigenvalue weighted by atomic mass is 35.5. The van der Waals surface area contributed by atoms with Crippen LogP contribution in [-0.4, -0.2) is 41.3 Å². The maximum absolute atomic E-state index is 12.2. The third kappa shape index (κ3) is 6.03. The Bertz CT molecular complexity index is 934. The molecule has 0 saturated carbocycles. The molecule has 28 heavy (non-hydrogen) atoms. The lowest BCUT2D eigenvalue weighted by molar-refractivity contribution is -0.116. The van der Waals surface area contributed by atoms with Gasteiger partial charge in [-0.15, -0.1) is 0 Å². The van der Waals surface area contributed by atoms with Crippen molar-refractivity contribution in [1.82, 2.24) is 0 Å². The summed E-state index contributed by atoms with van der Waals surface area (Å²) in [5.41, 5.74) is 1.03. The number of carbonyl (C=O) groups excluding carboxylic acids is 1. The summed E-state index contributed by atoms with van der Waals surface area (Å²) in [6, 6.07) is 11.8. The first-order valence-electron chi connectivity index (χ1n) is 8.49. The summed E-state index contributed by atoms with van der Waals surface area (Å²) >= 11 is 6.10. The predicted molar refractivity (Wildman–Crippen MR) is 111 cm³/mol. The van der Waals surface area contributed by atoms with Gasteiger partial charge in [-0.1, -0.05) is 17.7 Å². The number of nitrogens with zero attached hydrogens (tertiary/aromatic N) is 1. The third-order valence-electron chi connectivity index (χ3n) is 3.94. The fourth-order valence-electron chi connectivity index (χ4n) is 2.60. The van der Waals surface area contributed by atoms with Gasteiger partial charge in [0.05, 0.1) is 31.2 Å². The van der Waals surface area contributed by atoms with Crippen molar-refractivity contribution in [2.24, 2.45) is 0 Å². The monoisotopic (exact) mass is 426 g/mol. The summed E-state index contributed by atoms with van der Waals surface area (Å²) in [4.78, 5) is 12.2. The number of hydrogen-bond acceptors (Lipinski definition) is 5. The maximum atomic E-state index is 12.2. The van der Waals surface area contributed by atoms with Crippen molar-refractivity contribution in [2.45, 2.75) is 12.8 Å². The van der Waals surface area contributed by atoms with Gasteiger partial charge in [-0.25, -0.2) is 8.42 Å². The van der Waals surface area contributed by atoms with Crippen LogP contribution in [-0.2, 0) is 14.8 Å². The molecule has 2 aromatic rings. The standard InChI is InChI=1S/C19H23ClN2O5S/c1-26-16-7-4-6-14(12-16)21-19(23)8-5-11-22(28(3,24)25)15-9-10-18(27-2)17(20)13-15/h4,6-7,9-10,12-13H,5,8,11H2,1-3H3,(H,21,23). The average molecular weight is 427 g/mol. The molecule has 0 fully saturated rings. The molecule has 2 rings (SSSR count). The van der Waals surface area contributed by atoms with E-state index in [0.29, 0.717) is 34.3 Å². The molecule has 2 aromatic carbocycles. The Hall–Kier alpha value is -2.45. The molecule has 0 heterocycles. The molecule has 0 radical (unpaired) electrons. The van der Waals surface area contributed by atoms with Gasteiger partial charge in [0.15, 0.2) is 0 Å².